The summed E-state index contributed by atoms with van der Waals surface area (Å²) in [6, 6.07) is 6.54. The van der Waals surface area contributed by atoms with Gasteiger partial charge in [0.05, 0.1) is 17.2 Å². The van der Waals surface area contributed by atoms with Gasteiger partial charge in [-0.25, -0.2) is 0 Å². The van der Waals surface area contributed by atoms with E-state index in [1.807, 2.05) is 0 Å². The van der Waals surface area contributed by atoms with E-state index in [9.17, 15) is 18.0 Å². The summed E-state index contributed by atoms with van der Waals surface area (Å²) in [5, 5.41) is 0.560. The molecule has 1 fully saturated rings. The Hall–Kier alpha value is -1.93. The van der Waals surface area contributed by atoms with Crippen LogP contribution in [0.25, 0.3) is 0 Å². The van der Waals surface area contributed by atoms with Crippen molar-refractivity contribution in [2.45, 2.75) is 42.5 Å². The molecule has 2 heterocycles. The smallest absolute Gasteiger partial charge is 0.416 e. The molecule has 1 aliphatic heterocycles. The summed E-state index contributed by atoms with van der Waals surface area (Å²) >= 11 is 1.25. The molecule has 2 aromatic rings. The molecule has 1 saturated heterocycles. The summed E-state index contributed by atoms with van der Waals surface area (Å²) < 4.78 is 49.2. The third kappa shape index (κ3) is 5.04. The quantitative estimate of drug-likeness (QED) is 0.765. The van der Waals surface area contributed by atoms with Gasteiger partial charge in [-0.3, -0.25) is 4.79 Å². The molecule has 1 aromatic heterocycles. The van der Waals surface area contributed by atoms with E-state index in [4.69, 9.17) is 9.47 Å². The highest BCUT2D eigenvalue weighted by molar-refractivity contribution is 7.98. The standard InChI is InChI=1S/C18H18F3NO3S/c19-18(20,21)13-5-3-4-12(8-13)11-26-16-9-14(23)15(10-22-16)25-17-6-1-2-7-24-17/h3-5,8-10,17H,1-2,6-7,11H2,(H,22,23). The highest BCUT2D eigenvalue weighted by Gasteiger charge is 2.30. The van der Waals surface area contributed by atoms with Gasteiger partial charge in [0.2, 0.25) is 5.43 Å². The van der Waals surface area contributed by atoms with Crippen molar-refractivity contribution < 1.29 is 22.6 Å². The second kappa shape index (κ2) is 8.18. The number of aromatic amines is 1. The summed E-state index contributed by atoms with van der Waals surface area (Å²) in [4.78, 5) is 15.1. The number of nitrogens with one attached hydrogen (secondary N) is 1. The van der Waals surface area contributed by atoms with Crippen LogP contribution in [-0.2, 0) is 16.7 Å². The number of rotatable bonds is 5. The number of hydrogen-bond donors (Lipinski definition) is 1. The van der Waals surface area contributed by atoms with Crippen molar-refractivity contribution in [3.63, 3.8) is 0 Å². The van der Waals surface area contributed by atoms with Crippen LogP contribution in [0.4, 0.5) is 13.2 Å². The number of benzene rings is 1. The first-order valence-corrected chi connectivity index (χ1v) is 9.20. The van der Waals surface area contributed by atoms with E-state index in [2.05, 4.69) is 4.98 Å². The molecule has 0 amide bonds. The van der Waals surface area contributed by atoms with Crippen molar-refractivity contribution in [2.75, 3.05) is 6.61 Å². The van der Waals surface area contributed by atoms with E-state index >= 15 is 0 Å². The number of ether oxygens (including phenoxy) is 2. The van der Waals surface area contributed by atoms with Crippen LogP contribution in [0.1, 0.15) is 30.4 Å². The van der Waals surface area contributed by atoms with E-state index in [0.717, 1.165) is 31.4 Å². The molecule has 0 aliphatic carbocycles. The maximum atomic E-state index is 12.7. The number of hydrogen-bond acceptors (Lipinski definition) is 4. The fraction of sp³-hybridized carbons (Fsp3) is 0.389. The molecule has 0 radical (unpaired) electrons. The van der Waals surface area contributed by atoms with E-state index in [0.29, 0.717) is 22.9 Å². The monoisotopic (exact) mass is 385 g/mol. The molecule has 3 rings (SSSR count). The summed E-state index contributed by atoms with van der Waals surface area (Å²) in [6.45, 7) is 0.619. The topological polar surface area (TPSA) is 51.3 Å². The van der Waals surface area contributed by atoms with Crippen molar-refractivity contribution in [3.05, 3.63) is 57.9 Å². The second-order valence-electron chi connectivity index (χ2n) is 5.93. The van der Waals surface area contributed by atoms with Crippen LogP contribution in [0.2, 0.25) is 0 Å². The molecular weight excluding hydrogens is 367 g/mol. The molecule has 0 saturated carbocycles. The minimum atomic E-state index is -4.37. The lowest BCUT2D eigenvalue weighted by Crippen LogP contribution is -2.27. The van der Waals surface area contributed by atoms with Crippen LogP contribution >= 0.6 is 11.8 Å². The van der Waals surface area contributed by atoms with E-state index in [1.165, 1.54) is 30.1 Å². The third-order valence-corrected chi connectivity index (χ3v) is 4.92. The number of halogens is 3. The Labute approximate surface area is 152 Å². The van der Waals surface area contributed by atoms with Crippen LogP contribution < -0.4 is 10.2 Å². The summed E-state index contributed by atoms with van der Waals surface area (Å²) in [5.41, 5.74) is -0.439. The summed E-state index contributed by atoms with van der Waals surface area (Å²) in [5.74, 6) is 0.492. The van der Waals surface area contributed by atoms with Crippen molar-refractivity contribution in [3.8, 4) is 5.75 Å². The van der Waals surface area contributed by atoms with Crippen LogP contribution in [0.5, 0.6) is 5.75 Å². The van der Waals surface area contributed by atoms with E-state index < -0.39 is 18.0 Å². The molecule has 8 heteroatoms. The van der Waals surface area contributed by atoms with Gasteiger partial charge >= 0.3 is 6.18 Å². The van der Waals surface area contributed by atoms with Crippen molar-refractivity contribution >= 4 is 11.8 Å². The zero-order chi connectivity index (χ0) is 18.6. The Bertz CT molecular complexity index is 801. The van der Waals surface area contributed by atoms with Gasteiger partial charge in [-0.05, 0) is 24.5 Å². The normalized spacial score (nSPS) is 17.9. The molecule has 1 unspecified atom stereocenters. The van der Waals surface area contributed by atoms with Gasteiger partial charge in [-0.2, -0.15) is 13.2 Å². The Balaban J connectivity index is 1.62. The maximum absolute atomic E-state index is 12.7. The molecular formula is C18H18F3NO3S. The van der Waals surface area contributed by atoms with Crippen molar-refractivity contribution in [1.29, 1.82) is 0 Å². The van der Waals surface area contributed by atoms with Crippen molar-refractivity contribution in [1.82, 2.24) is 4.98 Å². The lowest BCUT2D eigenvalue weighted by atomic mass is 10.1. The highest BCUT2D eigenvalue weighted by Crippen LogP contribution is 2.31. The van der Waals surface area contributed by atoms with Gasteiger partial charge in [0.25, 0.3) is 0 Å². The lowest BCUT2D eigenvalue weighted by molar-refractivity contribution is -0.137. The molecule has 1 N–H and O–H groups in total. The molecule has 4 nitrogen and oxygen atoms in total. The predicted molar refractivity (Wildman–Crippen MR) is 92.3 cm³/mol. The van der Waals surface area contributed by atoms with Crippen LogP contribution in [0.3, 0.4) is 0 Å². The first kappa shape index (κ1) is 18.8. The van der Waals surface area contributed by atoms with Crippen LogP contribution in [0, 0.1) is 0 Å². The second-order valence-corrected chi connectivity index (χ2v) is 6.94. The molecule has 0 bridgehead atoms. The predicted octanol–water partition coefficient (Wildman–Crippen LogP) is 4.59. The molecule has 1 atom stereocenters. The van der Waals surface area contributed by atoms with E-state index in [1.54, 1.807) is 6.07 Å². The maximum Gasteiger partial charge on any atom is 0.416 e. The largest absolute Gasteiger partial charge is 0.459 e. The zero-order valence-electron chi connectivity index (χ0n) is 13.8. The number of H-pyrrole nitrogens is 1. The molecule has 1 aromatic carbocycles. The summed E-state index contributed by atoms with van der Waals surface area (Å²) in [6.07, 6.45) is -0.585. The average molecular weight is 385 g/mol. The Morgan fingerprint density at radius 1 is 1.27 bits per heavy atom. The Kier molecular flexibility index (Phi) is 5.93. The molecule has 140 valence electrons. The third-order valence-electron chi connectivity index (χ3n) is 3.90. The molecule has 26 heavy (non-hydrogen) atoms. The fourth-order valence-electron chi connectivity index (χ4n) is 2.56. The first-order valence-electron chi connectivity index (χ1n) is 8.22. The Morgan fingerprint density at radius 2 is 2.12 bits per heavy atom. The average Bonchev–Trinajstić information content (AvgIpc) is 2.62. The number of pyridine rings is 1. The van der Waals surface area contributed by atoms with Gasteiger partial charge < -0.3 is 14.5 Å². The van der Waals surface area contributed by atoms with Gasteiger partial charge in [0.1, 0.15) is 0 Å². The lowest BCUT2D eigenvalue weighted by Gasteiger charge is -2.22. The van der Waals surface area contributed by atoms with Crippen molar-refractivity contribution in [2.24, 2.45) is 0 Å². The minimum Gasteiger partial charge on any atom is -0.459 e. The van der Waals surface area contributed by atoms with Gasteiger partial charge in [-0.1, -0.05) is 18.2 Å². The SMILES string of the molecule is O=c1cc(SCc2cccc(C(F)(F)F)c2)[nH]cc1OC1CCCCO1. The van der Waals surface area contributed by atoms with Gasteiger partial charge in [0, 0.05) is 24.4 Å². The van der Waals surface area contributed by atoms with Gasteiger partial charge in [0.15, 0.2) is 12.0 Å². The van der Waals surface area contributed by atoms with Gasteiger partial charge in [-0.15, -0.1) is 11.8 Å². The van der Waals surface area contributed by atoms with Crippen LogP contribution in [-0.4, -0.2) is 17.9 Å². The highest BCUT2D eigenvalue weighted by atomic mass is 32.2. The molecule has 1 aliphatic rings. The van der Waals surface area contributed by atoms with E-state index in [-0.39, 0.29) is 11.2 Å². The molecule has 0 spiro atoms. The fourth-order valence-corrected chi connectivity index (χ4v) is 3.39. The minimum absolute atomic E-state index is 0.181. The number of thioether (sulfide) groups is 1. The van der Waals surface area contributed by atoms with Crippen LogP contribution in [0.15, 0.2) is 46.3 Å². The first-order chi connectivity index (χ1) is 12.4. The number of alkyl halides is 3. The number of aromatic nitrogens is 1. The summed E-state index contributed by atoms with van der Waals surface area (Å²) in [7, 11) is 0. The zero-order valence-corrected chi connectivity index (χ0v) is 14.7. The Morgan fingerprint density at radius 3 is 2.81 bits per heavy atom.